The van der Waals surface area contributed by atoms with Crippen molar-refractivity contribution in [2.24, 2.45) is 0 Å². The molecule has 2 aliphatic rings. The molecule has 1 fully saturated rings. The number of aryl methyl sites for hydroxylation is 1. The van der Waals surface area contributed by atoms with E-state index >= 15 is 0 Å². The summed E-state index contributed by atoms with van der Waals surface area (Å²) in [7, 11) is 0. The summed E-state index contributed by atoms with van der Waals surface area (Å²) in [6, 6.07) is 8.72. The van der Waals surface area contributed by atoms with Crippen LogP contribution in [-0.2, 0) is 6.54 Å². The van der Waals surface area contributed by atoms with Crippen LogP contribution in [0.3, 0.4) is 0 Å². The van der Waals surface area contributed by atoms with E-state index in [1.54, 1.807) is 24.3 Å². The maximum absolute atomic E-state index is 12.4. The van der Waals surface area contributed by atoms with E-state index in [-0.39, 0.29) is 18.4 Å². The van der Waals surface area contributed by atoms with Gasteiger partial charge in [0.15, 0.2) is 5.76 Å². The highest BCUT2D eigenvalue weighted by atomic mass is 16.5. The van der Waals surface area contributed by atoms with E-state index in [2.05, 4.69) is 15.0 Å². The van der Waals surface area contributed by atoms with Crippen molar-refractivity contribution in [3.8, 4) is 0 Å². The van der Waals surface area contributed by atoms with E-state index < -0.39 is 6.10 Å². The molecule has 8 heteroatoms. The van der Waals surface area contributed by atoms with Gasteiger partial charge >= 0.3 is 0 Å². The maximum Gasteiger partial charge on any atom is 0.261 e. The molecule has 0 spiro atoms. The normalized spacial score (nSPS) is 19.3. The van der Waals surface area contributed by atoms with Crippen molar-refractivity contribution in [3.63, 3.8) is 0 Å². The number of carbonyl (C=O) groups excluding carboxylic acids is 2. The fraction of sp³-hybridized carbons (Fsp3) is 0.450. The van der Waals surface area contributed by atoms with Crippen LogP contribution in [0.15, 0.2) is 34.9 Å². The summed E-state index contributed by atoms with van der Waals surface area (Å²) in [5, 5.41) is 14.4. The number of piperazine rings is 1. The van der Waals surface area contributed by atoms with Crippen LogP contribution in [0.25, 0.3) is 0 Å². The first-order valence-corrected chi connectivity index (χ1v) is 9.51. The molecule has 0 saturated carbocycles. The summed E-state index contributed by atoms with van der Waals surface area (Å²) in [6.45, 7) is 6.43. The lowest BCUT2D eigenvalue weighted by Gasteiger charge is -2.35. The lowest BCUT2D eigenvalue weighted by molar-refractivity contribution is 0.0385. The van der Waals surface area contributed by atoms with Crippen molar-refractivity contribution in [1.29, 1.82) is 0 Å². The molecule has 1 N–H and O–H groups in total. The van der Waals surface area contributed by atoms with E-state index in [1.165, 1.54) is 0 Å². The average Bonchev–Trinajstić information content (AvgIpc) is 3.20. The molecule has 1 aromatic carbocycles. The Balaban J connectivity index is 1.26. The third kappa shape index (κ3) is 3.84. The highest BCUT2D eigenvalue weighted by Crippen LogP contribution is 2.22. The van der Waals surface area contributed by atoms with Crippen LogP contribution in [0.2, 0.25) is 0 Å². The largest absolute Gasteiger partial charge is 0.390 e. The minimum atomic E-state index is -0.773. The monoisotopic (exact) mass is 384 g/mol. The number of carbonyl (C=O) groups is 2. The molecule has 4 rings (SSSR count). The number of rotatable bonds is 6. The quantitative estimate of drug-likeness (QED) is 0.736. The molecule has 3 heterocycles. The van der Waals surface area contributed by atoms with Crippen molar-refractivity contribution < 1.29 is 19.2 Å². The first-order chi connectivity index (χ1) is 13.5. The van der Waals surface area contributed by atoms with E-state index in [1.807, 2.05) is 13.0 Å². The standard InChI is InChI=1S/C20H24N4O4/c1-14-10-16(28-21-14)13-23-8-6-22(7-9-23)11-15(25)12-24-19(26)17-4-2-3-5-18(17)20(24)27/h2-5,10,15,25H,6-9,11-13H2,1H3/t15-/m1/s1. The third-order valence-electron chi connectivity index (χ3n) is 5.26. The molecule has 1 atom stereocenters. The van der Waals surface area contributed by atoms with Crippen molar-refractivity contribution in [2.45, 2.75) is 19.6 Å². The molecule has 0 unspecified atom stereocenters. The number of imide groups is 1. The number of hydrogen-bond donors (Lipinski definition) is 1. The second-order valence-corrected chi connectivity index (χ2v) is 7.43. The second kappa shape index (κ2) is 7.83. The number of amides is 2. The zero-order chi connectivity index (χ0) is 19.7. The zero-order valence-electron chi connectivity index (χ0n) is 15.9. The SMILES string of the molecule is Cc1cc(CN2CCN(C[C@@H](O)CN3C(=O)c4ccccc4C3=O)CC2)on1. The fourth-order valence-electron chi connectivity index (χ4n) is 3.81. The summed E-state index contributed by atoms with van der Waals surface area (Å²) >= 11 is 0. The van der Waals surface area contributed by atoms with Crippen LogP contribution in [-0.4, -0.2) is 82.1 Å². The second-order valence-electron chi connectivity index (χ2n) is 7.43. The molecule has 2 aliphatic heterocycles. The molecule has 0 aliphatic carbocycles. The molecule has 0 radical (unpaired) electrons. The van der Waals surface area contributed by atoms with Gasteiger partial charge in [-0.15, -0.1) is 0 Å². The molecule has 1 saturated heterocycles. The van der Waals surface area contributed by atoms with Gasteiger partial charge in [0, 0.05) is 38.8 Å². The Morgan fingerprint density at radius 3 is 2.21 bits per heavy atom. The van der Waals surface area contributed by atoms with Gasteiger partial charge in [-0.3, -0.25) is 24.3 Å². The van der Waals surface area contributed by atoms with Crippen LogP contribution in [0.4, 0.5) is 0 Å². The highest BCUT2D eigenvalue weighted by Gasteiger charge is 2.36. The van der Waals surface area contributed by atoms with Gasteiger partial charge in [-0.1, -0.05) is 17.3 Å². The minimum Gasteiger partial charge on any atom is -0.390 e. The van der Waals surface area contributed by atoms with E-state index in [9.17, 15) is 14.7 Å². The number of aliphatic hydroxyl groups excluding tert-OH is 1. The van der Waals surface area contributed by atoms with Gasteiger partial charge in [-0.05, 0) is 19.1 Å². The van der Waals surface area contributed by atoms with Gasteiger partial charge in [0.2, 0.25) is 0 Å². The fourth-order valence-corrected chi connectivity index (χ4v) is 3.81. The molecule has 28 heavy (non-hydrogen) atoms. The number of aliphatic hydroxyl groups is 1. The molecule has 2 aromatic rings. The molecular weight excluding hydrogens is 360 g/mol. The summed E-state index contributed by atoms with van der Waals surface area (Å²) in [5.74, 6) is 0.204. The topological polar surface area (TPSA) is 90.1 Å². The van der Waals surface area contributed by atoms with Crippen LogP contribution in [0, 0.1) is 6.92 Å². The Labute approximate surface area is 163 Å². The number of benzene rings is 1. The Hall–Kier alpha value is -2.55. The predicted octanol–water partition coefficient (Wildman–Crippen LogP) is 0.758. The Morgan fingerprint density at radius 2 is 1.64 bits per heavy atom. The number of nitrogens with zero attached hydrogens (tertiary/aromatic N) is 4. The van der Waals surface area contributed by atoms with Crippen LogP contribution in [0.1, 0.15) is 32.2 Å². The van der Waals surface area contributed by atoms with Gasteiger partial charge in [0.1, 0.15) is 0 Å². The van der Waals surface area contributed by atoms with Crippen molar-refractivity contribution >= 4 is 11.8 Å². The van der Waals surface area contributed by atoms with Gasteiger partial charge in [0.25, 0.3) is 11.8 Å². The van der Waals surface area contributed by atoms with Crippen molar-refractivity contribution in [3.05, 3.63) is 52.9 Å². The smallest absolute Gasteiger partial charge is 0.261 e. The molecule has 148 valence electrons. The first-order valence-electron chi connectivity index (χ1n) is 9.51. The molecular formula is C20H24N4O4. The molecule has 0 bridgehead atoms. The number of β-amino-alcohol motifs (C(OH)–C–C–N with tert-alkyl or cyclic N) is 1. The lowest BCUT2D eigenvalue weighted by atomic mass is 10.1. The zero-order valence-corrected chi connectivity index (χ0v) is 15.9. The number of aromatic nitrogens is 1. The predicted molar refractivity (Wildman–Crippen MR) is 101 cm³/mol. The summed E-state index contributed by atoms with van der Waals surface area (Å²) < 4.78 is 5.26. The van der Waals surface area contributed by atoms with Crippen LogP contribution >= 0.6 is 0 Å². The van der Waals surface area contributed by atoms with Gasteiger partial charge in [-0.25, -0.2) is 0 Å². The maximum atomic E-state index is 12.4. The highest BCUT2D eigenvalue weighted by molar-refractivity contribution is 6.21. The Bertz CT molecular complexity index is 838. The number of fused-ring (bicyclic) bond motifs is 1. The van der Waals surface area contributed by atoms with E-state index in [0.29, 0.717) is 17.7 Å². The van der Waals surface area contributed by atoms with Crippen molar-refractivity contribution in [2.75, 3.05) is 39.3 Å². The Morgan fingerprint density at radius 1 is 1.04 bits per heavy atom. The summed E-state index contributed by atoms with van der Waals surface area (Å²) in [5.41, 5.74) is 1.71. The van der Waals surface area contributed by atoms with Gasteiger partial charge in [0.05, 0.1) is 36.0 Å². The lowest BCUT2D eigenvalue weighted by Crippen LogP contribution is -2.50. The molecule has 2 amide bonds. The van der Waals surface area contributed by atoms with Crippen LogP contribution < -0.4 is 0 Å². The molecule has 1 aromatic heterocycles. The van der Waals surface area contributed by atoms with Gasteiger partial charge in [-0.2, -0.15) is 0 Å². The summed E-state index contributed by atoms with van der Waals surface area (Å²) in [4.78, 5) is 30.4. The average molecular weight is 384 g/mol. The minimum absolute atomic E-state index is 0.0178. The van der Waals surface area contributed by atoms with Gasteiger partial charge < -0.3 is 9.63 Å². The first kappa shape index (κ1) is 18.8. The van der Waals surface area contributed by atoms with Crippen LogP contribution in [0.5, 0.6) is 0 Å². The Kier molecular flexibility index (Phi) is 5.25. The molecule has 8 nitrogen and oxygen atoms in total. The van der Waals surface area contributed by atoms with E-state index in [0.717, 1.165) is 49.1 Å². The number of hydrogen-bond acceptors (Lipinski definition) is 7. The van der Waals surface area contributed by atoms with Crippen molar-refractivity contribution in [1.82, 2.24) is 19.9 Å². The summed E-state index contributed by atoms with van der Waals surface area (Å²) in [6.07, 6.45) is -0.773. The van der Waals surface area contributed by atoms with E-state index in [4.69, 9.17) is 4.52 Å². The third-order valence-corrected chi connectivity index (χ3v) is 5.26.